The minimum Gasteiger partial charge on any atom is -0.346 e. The van der Waals surface area contributed by atoms with Gasteiger partial charge in [-0.05, 0) is 49.9 Å². The first-order valence-electron chi connectivity index (χ1n) is 11.0. The van der Waals surface area contributed by atoms with E-state index in [9.17, 15) is 9.18 Å². The van der Waals surface area contributed by atoms with Crippen LogP contribution in [0.15, 0.2) is 36.7 Å². The lowest BCUT2D eigenvalue weighted by atomic mass is 10.1. The SMILES string of the molecule is Cc1nc(CCc2cnn([C@@H]3C[C@@H]3c3ccc(F)cc3)c2)nc2c1N(C)C(=O)[C@H](C)N2C. The lowest BCUT2D eigenvalue weighted by Crippen LogP contribution is -2.50. The van der Waals surface area contributed by atoms with Crippen molar-refractivity contribution in [2.24, 2.45) is 0 Å². The third-order valence-corrected chi connectivity index (χ3v) is 6.71. The van der Waals surface area contributed by atoms with Crippen LogP contribution in [0.3, 0.4) is 0 Å². The quantitative estimate of drug-likeness (QED) is 0.616. The Morgan fingerprint density at radius 2 is 1.88 bits per heavy atom. The number of aryl methyl sites for hydroxylation is 3. The van der Waals surface area contributed by atoms with Gasteiger partial charge in [0.05, 0.1) is 17.9 Å². The maximum atomic E-state index is 13.2. The van der Waals surface area contributed by atoms with Gasteiger partial charge in [0.1, 0.15) is 23.4 Å². The molecule has 2 aromatic heterocycles. The zero-order valence-electron chi connectivity index (χ0n) is 18.8. The smallest absolute Gasteiger partial charge is 0.249 e. The predicted octanol–water partition coefficient (Wildman–Crippen LogP) is 3.44. The summed E-state index contributed by atoms with van der Waals surface area (Å²) in [6.07, 6.45) is 6.52. The van der Waals surface area contributed by atoms with E-state index in [0.717, 1.165) is 47.0 Å². The van der Waals surface area contributed by atoms with Crippen molar-refractivity contribution in [1.82, 2.24) is 19.7 Å². The van der Waals surface area contributed by atoms with Crippen molar-refractivity contribution in [3.05, 3.63) is 65.1 Å². The van der Waals surface area contributed by atoms with Crippen molar-refractivity contribution < 1.29 is 9.18 Å². The van der Waals surface area contributed by atoms with Crippen LogP contribution in [0.25, 0.3) is 0 Å². The lowest BCUT2D eigenvalue weighted by Gasteiger charge is -2.37. The molecule has 1 saturated carbocycles. The van der Waals surface area contributed by atoms with Crippen molar-refractivity contribution >= 4 is 17.4 Å². The van der Waals surface area contributed by atoms with Crippen molar-refractivity contribution in [1.29, 1.82) is 0 Å². The largest absolute Gasteiger partial charge is 0.346 e. The number of likely N-dealkylation sites (N-methyl/N-ethyl adjacent to an activating group) is 2. The molecule has 1 aliphatic carbocycles. The maximum absolute atomic E-state index is 13.2. The van der Waals surface area contributed by atoms with E-state index >= 15 is 0 Å². The number of carbonyl (C=O) groups excluding carboxylic acids is 1. The zero-order chi connectivity index (χ0) is 22.6. The minimum atomic E-state index is -0.250. The molecule has 3 atom stereocenters. The Kier molecular flexibility index (Phi) is 4.95. The minimum absolute atomic E-state index is 0.0471. The summed E-state index contributed by atoms with van der Waals surface area (Å²) in [6.45, 7) is 3.82. The van der Waals surface area contributed by atoms with Gasteiger partial charge in [0, 0.05) is 32.6 Å². The highest BCUT2D eigenvalue weighted by atomic mass is 19.1. The number of aromatic nitrogens is 4. The topological polar surface area (TPSA) is 67.2 Å². The fourth-order valence-corrected chi connectivity index (χ4v) is 4.58. The fourth-order valence-electron chi connectivity index (χ4n) is 4.58. The van der Waals surface area contributed by atoms with Crippen LogP contribution in [0.5, 0.6) is 0 Å². The number of nitrogens with zero attached hydrogens (tertiary/aromatic N) is 6. The first kappa shape index (κ1) is 20.6. The van der Waals surface area contributed by atoms with Crippen LogP contribution in [-0.4, -0.2) is 45.8 Å². The van der Waals surface area contributed by atoms with Crippen LogP contribution < -0.4 is 9.80 Å². The Hall–Kier alpha value is -3.29. The zero-order valence-corrected chi connectivity index (χ0v) is 18.8. The molecule has 5 rings (SSSR count). The normalized spacial score (nSPS) is 22.3. The summed E-state index contributed by atoms with van der Waals surface area (Å²) in [4.78, 5) is 25.5. The van der Waals surface area contributed by atoms with E-state index in [2.05, 4.69) is 16.3 Å². The monoisotopic (exact) mass is 434 g/mol. The van der Waals surface area contributed by atoms with Crippen LogP contribution in [0.1, 0.15) is 47.9 Å². The molecule has 1 aromatic carbocycles. The van der Waals surface area contributed by atoms with Crippen molar-refractivity contribution in [3.63, 3.8) is 0 Å². The highest BCUT2D eigenvalue weighted by Gasteiger charge is 2.40. The third-order valence-electron chi connectivity index (χ3n) is 6.71. The number of hydrogen-bond donors (Lipinski definition) is 0. The first-order valence-corrected chi connectivity index (χ1v) is 11.0. The molecule has 32 heavy (non-hydrogen) atoms. The van der Waals surface area contributed by atoms with Gasteiger partial charge in [-0.15, -0.1) is 0 Å². The molecule has 2 aliphatic rings. The summed E-state index contributed by atoms with van der Waals surface area (Å²) >= 11 is 0. The Morgan fingerprint density at radius 3 is 2.62 bits per heavy atom. The number of fused-ring (bicyclic) bond motifs is 1. The fraction of sp³-hybridized carbons (Fsp3) is 0.417. The molecule has 8 heteroatoms. The highest BCUT2D eigenvalue weighted by Crippen LogP contribution is 2.51. The molecule has 3 aromatic rings. The van der Waals surface area contributed by atoms with Crippen LogP contribution in [0.2, 0.25) is 0 Å². The molecule has 0 bridgehead atoms. The lowest BCUT2D eigenvalue weighted by molar-refractivity contribution is -0.119. The maximum Gasteiger partial charge on any atom is 0.249 e. The second kappa shape index (κ2) is 7.69. The number of rotatable bonds is 5. The second-order valence-electron chi connectivity index (χ2n) is 8.87. The van der Waals surface area contributed by atoms with Gasteiger partial charge in [-0.2, -0.15) is 5.10 Å². The Labute approximate surface area is 186 Å². The van der Waals surface area contributed by atoms with E-state index < -0.39 is 0 Å². The van der Waals surface area contributed by atoms with E-state index in [0.29, 0.717) is 18.4 Å². The Balaban J connectivity index is 1.27. The highest BCUT2D eigenvalue weighted by molar-refractivity contribution is 6.04. The van der Waals surface area contributed by atoms with Gasteiger partial charge in [0.15, 0.2) is 5.82 Å². The number of amides is 1. The number of carbonyl (C=O) groups is 1. The van der Waals surface area contributed by atoms with Gasteiger partial charge in [0.25, 0.3) is 0 Å². The van der Waals surface area contributed by atoms with Crippen LogP contribution >= 0.6 is 0 Å². The predicted molar refractivity (Wildman–Crippen MR) is 120 cm³/mol. The molecule has 1 aliphatic heterocycles. The van der Waals surface area contributed by atoms with E-state index in [1.54, 1.807) is 11.9 Å². The number of hydrogen-bond acceptors (Lipinski definition) is 5. The average molecular weight is 435 g/mol. The van der Waals surface area contributed by atoms with Gasteiger partial charge >= 0.3 is 0 Å². The Morgan fingerprint density at radius 1 is 1.12 bits per heavy atom. The number of halogens is 1. The van der Waals surface area contributed by atoms with Crippen molar-refractivity contribution in [2.45, 2.75) is 51.1 Å². The van der Waals surface area contributed by atoms with E-state index in [4.69, 9.17) is 4.98 Å². The molecule has 166 valence electrons. The summed E-state index contributed by atoms with van der Waals surface area (Å²) in [6, 6.07) is 6.85. The van der Waals surface area contributed by atoms with Crippen LogP contribution in [0, 0.1) is 12.7 Å². The molecule has 3 heterocycles. The molecule has 0 saturated heterocycles. The van der Waals surface area contributed by atoms with Gasteiger partial charge < -0.3 is 9.80 Å². The molecule has 1 fully saturated rings. The van der Waals surface area contributed by atoms with Crippen molar-refractivity contribution in [2.75, 3.05) is 23.9 Å². The molecule has 0 N–H and O–H groups in total. The average Bonchev–Trinajstić information content (AvgIpc) is 3.44. The van der Waals surface area contributed by atoms with Gasteiger partial charge in [-0.1, -0.05) is 12.1 Å². The molecule has 1 amide bonds. The summed E-state index contributed by atoms with van der Waals surface area (Å²) < 4.78 is 15.2. The van der Waals surface area contributed by atoms with Gasteiger partial charge in [-0.25, -0.2) is 14.4 Å². The van der Waals surface area contributed by atoms with Crippen LogP contribution in [-0.2, 0) is 17.6 Å². The number of anilines is 2. The summed E-state index contributed by atoms with van der Waals surface area (Å²) in [5.74, 6) is 1.81. The molecule has 0 spiro atoms. The Bertz CT molecular complexity index is 1170. The van der Waals surface area contributed by atoms with Crippen LogP contribution in [0.4, 0.5) is 15.9 Å². The van der Waals surface area contributed by atoms with E-state index in [-0.39, 0.29) is 17.8 Å². The summed E-state index contributed by atoms with van der Waals surface area (Å²) in [7, 11) is 3.69. The molecular formula is C24H27FN6O. The summed E-state index contributed by atoms with van der Waals surface area (Å²) in [5, 5.41) is 4.56. The molecular weight excluding hydrogens is 407 g/mol. The van der Waals surface area contributed by atoms with E-state index in [1.807, 2.05) is 48.8 Å². The second-order valence-corrected chi connectivity index (χ2v) is 8.87. The standard InChI is InChI=1S/C24H27FN6O/c1-14-22-23(29(3)15(2)24(32)30(22)4)28-21(27-14)10-5-16-12-26-31(13-16)20-11-19(20)17-6-8-18(25)9-7-17/h6-9,12-13,15,19-20H,5,10-11H2,1-4H3/t15-,19+,20+/m0/s1. The first-order chi connectivity index (χ1) is 15.3. The van der Waals surface area contributed by atoms with Gasteiger partial charge in [0.2, 0.25) is 5.91 Å². The summed E-state index contributed by atoms with van der Waals surface area (Å²) in [5.41, 5.74) is 3.90. The van der Waals surface area contributed by atoms with Gasteiger partial charge in [-0.3, -0.25) is 9.48 Å². The molecule has 0 radical (unpaired) electrons. The number of benzene rings is 1. The van der Waals surface area contributed by atoms with E-state index in [1.165, 1.54) is 12.1 Å². The van der Waals surface area contributed by atoms with Crippen molar-refractivity contribution in [3.8, 4) is 0 Å². The molecule has 0 unspecified atom stereocenters. The molecule has 7 nitrogen and oxygen atoms in total. The third kappa shape index (κ3) is 3.53.